The fraction of sp³-hybridized carbons (Fsp3) is 0.158. The van der Waals surface area contributed by atoms with Crippen LogP contribution in [0.5, 0.6) is 5.75 Å². The third-order valence-electron chi connectivity index (χ3n) is 3.57. The first-order chi connectivity index (χ1) is 13.0. The van der Waals surface area contributed by atoms with E-state index in [1.807, 2.05) is 31.2 Å². The van der Waals surface area contributed by atoms with Crippen LogP contribution in [0.4, 0.5) is 36.2 Å². The van der Waals surface area contributed by atoms with Gasteiger partial charge in [0.2, 0.25) is 0 Å². The number of halogens is 3. The molecule has 0 aliphatic carbocycles. The van der Waals surface area contributed by atoms with Crippen molar-refractivity contribution in [1.82, 2.24) is 9.97 Å². The number of aryl methyl sites for hydroxylation is 1. The predicted octanol–water partition coefficient (Wildman–Crippen LogP) is 5.09. The number of anilines is 4. The molecular weight excluding hydrogens is 357 g/mol. The van der Waals surface area contributed by atoms with Gasteiger partial charge in [-0.05, 0) is 50.2 Å². The Morgan fingerprint density at radius 1 is 0.889 bits per heavy atom. The van der Waals surface area contributed by atoms with Gasteiger partial charge in [-0.2, -0.15) is 0 Å². The van der Waals surface area contributed by atoms with E-state index in [9.17, 15) is 13.2 Å². The summed E-state index contributed by atoms with van der Waals surface area (Å²) in [6.45, 7) is 4.14. The molecular formula is C19H17F3N4O. The highest BCUT2D eigenvalue weighted by Crippen LogP contribution is 2.25. The second-order valence-corrected chi connectivity index (χ2v) is 5.62. The second kappa shape index (κ2) is 7.94. The zero-order valence-corrected chi connectivity index (χ0v) is 14.7. The molecule has 0 spiro atoms. The fourth-order valence-corrected chi connectivity index (χ4v) is 2.41. The molecule has 0 aliphatic heterocycles. The summed E-state index contributed by atoms with van der Waals surface area (Å²) in [5.41, 5.74) is 0.542. The second-order valence-electron chi connectivity index (χ2n) is 5.62. The lowest BCUT2D eigenvalue weighted by atomic mass is 10.2. The molecule has 0 atom stereocenters. The Hall–Kier alpha value is -3.29. The summed E-state index contributed by atoms with van der Waals surface area (Å²) in [5, 5.41) is 5.74. The number of aromatic nitrogens is 2. The van der Waals surface area contributed by atoms with Crippen LogP contribution in [-0.2, 0) is 0 Å². The topological polar surface area (TPSA) is 59.1 Å². The number of hydrogen-bond acceptors (Lipinski definition) is 5. The number of rotatable bonds is 6. The standard InChI is InChI=1S/C19H17F3N4O/c1-3-27-13-6-4-12(5-7-13)25-16-10-17(24-11(2)23-16)26-15-9-8-14(20)18(21)19(15)22/h4-10H,3H2,1-2H3,(H2,23,24,25,26). The van der Waals surface area contributed by atoms with Gasteiger partial charge in [-0.25, -0.2) is 23.1 Å². The Balaban J connectivity index is 1.81. The van der Waals surface area contributed by atoms with Crippen molar-refractivity contribution in [3.8, 4) is 5.75 Å². The number of hydrogen-bond donors (Lipinski definition) is 2. The average Bonchev–Trinajstić information content (AvgIpc) is 2.64. The highest BCUT2D eigenvalue weighted by atomic mass is 19.2. The Bertz CT molecular complexity index is 948. The molecule has 2 aromatic carbocycles. The van der Waals surface area contributed by atoms with E-state index >= 15 is 0 Å². The molecule has 0 unspecified atom stereocenters. The molecule has 1 aromatic heterocycles. The molecule has 2 N–H and O–H groups in total. The van der Waals surface area contributed by atoms with Crippen molar-refractivity contribution in [2.24, 2.45) is 0 Å². The van der Waals surface area contributed by atoms with Crippen molar-refractivity contribution in [2.75, 3.05) is 17.2 Å². The smallest absolute Gasteiger partial charge is 0.196 e. The number of benzene rings is 2. The van der Waals surface area contributed by atoms with Crippen molar-refractivity contribution in [2.45, 2.75) is 13.8 Å². The molecule has 27 heavy (non-hydrogen) atoms. The van der Waals surface area contributed by atoms with Crippen molar-refractivity contribution in [3.05, 3.63) is 65.7 Å². The molecule has 1 heterocycles. The first-order valence-electron chi connectivity index (χ1n) is 8.22. The summed E-state index contributed by atoms with van der Waals surface area (Å²) < 4.78 is 45.7. The highest BCUT2D eigenvalue weighted by molar-refractivity contribution is 5.64. The number of nitrogens with zero attached hydrogens (tertiary/aromatic N) is 2. The summed E-state index contributed by atoms with van der Waals surface area (Å²) in [7, 11) is 0. The molecule has 5 nitrogen and oxygen atoms in total. The van der Waals surface area contributed by atoms with Crippen LogP contribution in [-0.4, -0.2) is 16.6 Å². The van der Waals surface area contributed by atoms with E-state index in [1.54, 1.807) is 6.92 Å². The monoisotopic (exact) mass is 374 g/mol. The van der Waals surface area contributed by atoms with Crippen LogP contribution < -0.4 is 15.4 Å². The molecule has 8 heteroatoms. The molecule has 3 aromatic rings. The fourth-order valence-electron chi connectivity index (χ4n) is 2.41. The van der Waals surface area contributed by atoms with Crippen LogP contribution in [0.3, 0.4) is 0 Å². The summed E-state index contributed by atoms with van der Waals surface area (Å²) >= 11 is 0. The van der Waals surface area contributed by atoms with Gasteiger partial charge in [0.25, 0.3) is 0 Å². The minimum absolute atomic E-state index is 0.223. The van der Waals surface area contributed by atoms with Gasteiger partial charge in [0, 0.05) is 11.8 Å². The van der Waals surface area contributed by atoms with Gasteiger partial charge in [-0.15, -0.1) is 0 Å². The van der Waals surface area contributed by atoms with E-state index in [0.29, 0.717) is 18.2 Å². The van der Waals surface area contributed by atoms with Gasteiger partial charge in [0.15, 0.2) is 17.5 Å². The van der Waals surface area contributed by atoms with Crippen LogP contribution in [0.2, 0.25) is 0 Å². The quantitative estimate of drug-likeness (QED) is 0.589. The zero-order chi connectivity index (χ0) is 19.4. The largest absolute Gasteiger partial charge is 0.494 e. The molecule has 140 valence electrons. The van der Waals surface area contributed by atoms with Gasteiger partial charge in [0.05, 0.1) is 12.3 Å². The Morgan fingerprint density at radius 2 is 1.56 bits per heavy atom. The first-order valence-corrected chi connectivity index (χ1v) is 8.22. The number of ether oxygens (including phenoxy) is 1. The maximum Gasteiger partial charge on any atom is 0.196 e. The normalized spacial score (nSPS) is 10.6. The van der Waals surface area contributed by atoms with Crippen molar-refractivity contribution in [3.63, 3.8) is 0 Å². The lowest BCUT2D eigenvalue weighted by Crippen LogP contribution is -2.04. The zero-order valence-electron chi connectivity index (χ0n) is 14.7. The van der Waals surface area contributed by atoms with Gasteiger partial charge < -0.3 is 15.4 Å². The van der Waals surface area contributed by atoms with Crippen molar-refractivity contribution < 1.29 is 17.9 Å². The maximum atomic E-state index is 13.8. The summed E-state index contributed by atoms with van der Waals surface area (Å²) in [6, 6.07) is 10.8. The highest BCUT2D eigenvalue weighted by Gasteiger charge is 2.14. The maximum absolute atomic E-state index is 13.8. The van der Waals surface area contributed by atoms with E-state index < -0.39 is 17.5 Å². The van der Waals surface area contributed by atoms with E-state index in [1.165, 1.54) is 6.07 Å². The van der Waals surface area contributed by atoms with Crippen LogP contribution in [0.15, 0.2) is 42.5 Å². The van der Waals surface area contributed by atoms with E-state index in [4.69, 9.17) is 4.74 Å². The minimum atomic E-state index is -1.54. The SMILES string of the molecule is CCOc1ccc(Nc2cc(Nc3ccc(F)c(F)c3F)nc(C)n2)cc1. The van der Waals surface area contributed by atoms with Gasteiger partial charge >= 0.3 is 0 Å². The Labute approximate surface area is 154 Å². The lowest BCUT2D eigenvalue weighted by molar-refractivity contribution is 0.340. The molecule has 0 aliphatic rings. The summed E-state index contributed by atoms with van der Waals surface area (Å²) in [4.78, 5) is 8.40. The molecule has 3 rings (SSSR count). The van der Waals surface area contributed by atoms with Gasteiger partial charge in [0.1, 0.15) is 23.2 Å². The van der Waals surface area contributed by atoms with Gasteiger partial charge in [-0.3, -0.25) is 0 Å². The summed E-state index contributed by atoms with van der Waals surface area (Å²) in [5.74, 6) is -2.26. The molecule has 0 radical (unpaired) electrons. The molecule has 0 saturated carbocycles. The third kappa shape index (κ3) is 4.46. The molecule has 0 saturated heterocycles. The van der Waals surface area contributed by atoms with Gasteiger partial charge in [-0.1, -0.05) is 0 Å². The predicted molar refractivity (Wildman–Crippen MR) is 97.3 cm³/mol. The minimum Gasteiger partial charge on any atom is -0.494 e. The average molecular weight is 374 g/mol. The Morgan fingerprint density at radius 3 is 2.22 bits per heavy atom. The number of nitrogens with one attached hydrogen (secondary N) is 2. The first kappa shape index (κ1) is 18.5. The van der Waals surface area contributed by atoms with E-state index in [2.05, 4.69) is 20.6 Å². The third-order valence-corrected chi connectivity index (χ3v) is 3.57. The lowest BCUT2D eigenvalue weighted by Gasteiger charge is -2.11. The molecule has 0 amide bonds. The van der Waals surface area contributed by atoms with Crippen molar-refractivity contribution in [1.29, 1.82) is 0 Å². The van der Waals surface area contributed by atoms with Crippen LogP contribution >= 0.6 is 0 Å². The van der Waals surface area contributed by atoms with E-state index in [0.717, 1.165) is 23.6 Å². The van der Waals surface area contributed by atoms with Crippen molar-refractivity contribution >= 4 is 23.0 Å². The van der Waals surface area contributed by atoms with Crippen LogP contribution in [0, 0.1) is 24.4 Å². The van der Waals surface area contributed by atoms with E-state index in [-0.39, 0.29) is 11.5 Å². The Kier molecular flexibility index (Phi) is 5.44. The van der Waals surface area contributed by atoms with Crippen LogP contribution in [0.25, 0.3) is 0 Å². The summed E-state index contributed by atoms with van der Waals surface area (Å²) in [6.07, 6.45) is 0. The molecule has 0 fully saturated rings. The molecule has 0 bridgehead atoms. The van der Waals surface area contributed by atoms with Crippen LogP contribution in [0.1, 0.15) is 12.7 Å².